The van der Waals surface area contributed by atoms with Gasteiger partial charge in [0.2, 0.25) is 5.91 Å². The molecule has 0 saturated carbocycles. The summed E-state index contributed by atoms with van der Waals surface area (Å²) >= 11 is 0. The van der Waals surface area contributed by atoms with Crippen molar-refractivity contribution in [3.05, 3.63) is 42.5 Å². The topological polar surface area (TPSA) is 41.6 Å². The number of hydrogen-bond acceptors (Lipinski definition) is 3. The van der Waals surface area contributed by atoms with Gasteiger partial charge >= 0.3 is 0 Å². The Kier molecular flexibility index (Phi) is 7.14. The zero-order chi connectivity index (χ0) is 16.5. The summed E-state index contributed by atoms with van der Waals surface area (Å²) in [6.45, 7) is 9.49. The molecule has 0 aromatic heterocycles. The van der Waals surface area contributed by atoms with Gasteiger partial charge in [0.15, 0.2) is 0 Å². The largest absolute Gasteiger partial charge is 0.489 e. The lowest BCUT2D eigenvalue weighted by atomic mass is 9.98. The van der Waals surface area contributed by atoms with Crippen molar-refractivity contribution < 1.29 is 9.53 Å². The van der Waals surface area contributed by atoms with Gasteiger partial charge in [0.25, 0.3) is 0 Å². The van der Waals surface area contributed by atoms with Crippen molar-refractivity contribution in [2.75, 3.05) is 26.2 Å². The SMILES string of the molecule is C=CCOc1ccccc1CN(CC)C(=O)[C@@H]1CCCNCC1. The minimum atomic E-state index is 0.145. The molecule has 1 aliphatic heterocycles. The fourth-order valence-electron chi connectivity index (χ4n) is 3.00. The molecule has 1 fully saturated rings. The molecule has 1 aromatic rings. The minimum absolute atomic E-state index is 0.145. The van der Waals surface area contributed by atoms with Gasteiger partial charge in [0, 0.05) is 24.6 Å². The molecule has 1 saturated heterocycles. The maximum Gasteiger partial charge on any atom is 0.226 e. The number of para-hydroxylation sites is 1. The number of benzene rings is 1. The second-order valence-corrected chi connectivity index (χ2v) is 5.94. The van der Waals surface area contributed by atoms with Crippen molar-refractivity contribution in [1.29, 1.82) is 0 Å². The van der Waals surface area contributed by atoms with Gasteiger partial charge < -0.3 is 15.0 Å². The van der Waals surface area contributed by atoms with Crippen LogP contribution in [0, 0.1) is 5.92 Å². The number of carbonyl (C=O) groups excluding carboxylic acids is 1. The fourth-order valence-corrected chi connectivity index (χ4v) is 3.00. The van der Waals surface area contributed by atoms with Crippen LogP contribution in [-0.2, 0) is 11.3 Å². The van der Waals surface area contributed by atoms with Crippen LogP contribution in [0.2, 0.25) is 0 Å². The molecule has 23 heavy (non-hydrogen) atoms. The summed E-state index contributed by atoms with van der Waals surface area (Å²) in [7, 11) is 0. The predicted molar refractivity (Wildman–Crippen MR) is 93.4 cm³/mol. The molecular formula is C19H28N2O2. The molecule has 0 aliphatic carbocycles. The number of nitrogens with one attached hydrogen (secondary N) is 1. The summed E-state index contributed by atoms with van der Waals surface area (Å²) in [6, 6.07) is 7.93. The van der Waals surface area contributed by atoms with E-state index in [4.69, 9.17) is 4.74 Å². The average Bonchev–Trinajstić information content (AvgIpc) is 2.87. The normalized spacial score (nSPS) is 18.0. The van der Waals surface area contributed by atoms with E-state index in [-0.39, 0.29) is 11.8 Å². The Balaban J connectivity index is 2.06. The first kappa shape index (κ1) is 17.5. The van der Waals surface area contributed by atoms with E-state index < -0.39 is 0 Å². The third kappa shape index (κ3) is 5.10. The lowest BCUT2D eigenvalue weighted by Crippen LogP contribution is -2.36. The van der Waals surface area contributed by atoms with Gasteiger partial charge in [-0.2, -0.15) is 0 Å². The van der Waals surface area contributed by atoms with E-state index in [9.17, 15) is 4.79 Å². The van der Waals surface area contributed by atoms with Gasteiger partial charge in [0.05, 0.1) is 0 Å². The molecule has 1 heterocycles. The lowest BCUT2D eigenvalue weighted by molar-refractivity contribution is -0.136. The first-order valence-corrected chi connectivity index (χ1v) is 8.57. The van der Waals surface area contributed by atoms with Crippen LogP contribution in [0.1, 0.15) is 31.7 Å². The van der Waals surface area contributed by atoms with E-state index >= 15 is 0 Å². The zero-order valence-corrected chi connectivity index (χ0v) is 14.1. The highest BCUT2D eigenvalue weighted by Crippen LogP contribution is 2.23. The van der Waals surface area contributed by atoms with E-state index in [0.29, 0.717) is 13.2 Å². The van der Waals surface area contributed by atoms with Crippen molar-refractivity contribution in [3.63, 3.8) is 0 Å². The molecule has 0 bridgehead atoms. The number of carbonyl (C=O) groups is 1. The molecule has 0 unspecified atom stereocenters. The zero-order valence-electron chi connectivity index (χ0n) is 14.1. The quantitative estimate of drug-likeness (QED) is 0.786. The molecule has 4 heteroatoms. The molecular weight excluding hydrogens is 288 g/mol. The molecule has 1 aromatic carbocycles. The van der Waals surface area contributed by atoms with Gasteiger partial charge in [0.1, 0.15) is 12.4 Å². The minimum Gasteiger partial charge on any atom is -0.489 e. The monoisotopic (exact) mass is 316 g/mol. The van der Waals surface area contributed by atoms with E-state index in [2.05, 4.69) is 11.9 Å². The van der Waals surface area contributed by atoms with E-state index in [1.807, 2.05) is 36.1 Å². The number of ether oxygens (including phenoxy) is 1. The number of rotatable bonds is 7. The molecule has 126 valence electrons. The Labute approximate surface area is 139 Å². The summed E-state index contributed by atoms with van der Waals surface area (Å²) < 4.78 is 5.71. The van der Waals surface area contributed by atoms with Crippen LogP contribution in [0.25, 0.3) is 0 Å². The van der Waals surface area contributed by atoms with Gasteiger partial charge in [-0.05, 0) is 45.3 Å². The molecule has 0 radical (unpaired) electrons. The first-order valence-electron chi connectivity index (χ1n) is 8.57. The van der Waals surface area contributed by atoms with Crippen LogP contribution in [0.4, 0.5) is 0 Å². The van der Waals surface area contributed by atoms with Crippen LogP contribution < -0.4 is 10.1 Å². The summed E-state index contributed by atoms with van der Waals surface area (Å²) in [6.07, 6.45) is 4.73. The molecule has 1 N–H and O–H groups in total. The molecule has 1 aliphatic rings. The second kappa shape index (κ2) is 9.36. The van der Waals surface area contributed by atoms with E-state index in [1.54, 1.807) is 6.08 Å². The van der Waals surface area contributed by atoms with Crippen LogP contribution in [-0.4, -0.2) is 37.0 Å². The lowest BCUT2D eigenvalue weighted by Gasteiger charge is -2.26. The summed E-state index contributed by atoms with van der Waals surface area (Å²) in [5.41, 5.74) is 1.05. The van der Waals surface area contributed by atoms with Gasteiger partial charge in [-0.1, -0.05) is 30.9 Å². The van der Waals surface area contributed by atoms with Crippen LogP contribution >= 0.6 is 0 Å². The first-order chi connectivity index (χ1) is 11.3. The van der Waals surface area contributed by atoms with Gasteiger partial charge in [-0.25, -0.2) is 0 Å². The highest BCUT2D eigenvalue weighted by Gasteiger charge is 2.24. The van der Waals surface area contributed by atoms with Crippen molar-refractivity contribution in [1.82, 2.24) is 10.2 Å². The van der Waals surface area contributed by atoms with Crippen molar-refractivity contribution in [3.8, 4) is 5.75 Å². The third-order valence-electron chi connectivity index (χ3n) is 4.31. The van der Waals surface area contributed by atoms with Crippen molar-refractivity contribution >= 4 is 5.91 Å². The van der Waals surface area contributed by atoms with Crippen LogP contribution in [0.15, 0.2) is 36.9 Å². The molecule has 0 spiro atoms. The van der Waals surface area contributed by atoms with E-state index in [1.165, 1.54) is 0 Å². The standard InChI is InChI=1S/C19H28N2O2/c1-3-14-23-18-10-6-5-8-17(18)15-21(4-2)19(22)16-9-7-12-20-13-11-16/h3,5-6,8,10,16,20H,1,4,7,9,11-15H2,2H3/t16-/m1/s1. The molecule has 2 rings (SSSR count). The predicted octanol–water partition coefficient (Wildman–Crippen LogP) is 2.99. The second-order valence-electron chi connectivity index (χ2n) is 5.94. The van der Waals surface area contributed by atoms with Crippen LogP contribution in [0.5, 0.6) is 5.75 Å². The average molecular weight is 316 g/mol. The summed E-state index contributed by atoms with van der Waals surface area (Å²) in [4.78, 5) is 14.8. The summed E-state index contributed by atoms with van der Waals surface area (Å²) in [5.74, 6) is 1.25. The molecule has 1 amide bonds. The Bertz CT molecular complexity index is 508. The van der Waals surface area contributed by atoms with Crippen molar-refractivity contribution in [2.45, 2.75) is 32.7 Å². The van der Waals surface area contributed by atoms with E-state index in [0.717, 1.165) is 50.2 Å². The Morgan fingerprint density at radius 3 is 3.00 bits per heavy atom. The van der Waals surface area contributed by atoms with Gasteiger partial charge in [-0.15, -0.1) is 0 Å². The number of nitrogens with zero attached hydrogens (tertiary/aromatic N) is 1. The van der Waals surface area contributed by atoms with Gasteiger partial charge in [-0.3, -0.25) is 4.79 Å². The maximum atomic E-state index is 12.9. The molecule has 4 nitrogen and oxygen atoms in total. The highest BCUT2D eigenvalue weighted by atomic mass is 16.5. The smallest absolute Gasteiger partial charge is 0.226 e. The number of amides is 1. The highest BCUT2D eigenvalue weighted by molar-refractivity contribution is 5.79. The van der Waals surface area contributed by atoms with Crippen LogP contribution in [0.3, 0.4) is 0 Å². The maximum absolute atomic E-state index is 12.9. The Hall–Kier alpha value is -1.81. The molecule has 1 atom stereocenters. The number of hydrogen-bond donors (Lipinski definition) is 1. The fraction of sp³-hybridized carbons (Fsp3) is 0.526. The summed E-state index contributed by atoms with van der Waals surface area (Å²) in [5, 5.41) is 3.37. The van der Waals surface area contributed by atoms with Crippen molar-refractivity contribution in [2.24, 2.45) is 5.92 Å². The third-order valence-corrected chi connectivity index (χ3v) is 4.31. The Morgan fingerprint density at radius 2 is 2.22 bits per heavy atom. The Morgan fingerprint density at radius 1 is 1.39 bits per heavy atom.